The van der Waals surface area contributed by atoms with Crippen molar-refractivity contribution in [1.82, 2.24) is 15.1 Å². The molecule has 0 saturated carbocycles. The van der Waals surface area contributed by atoms with Gasteiger partial charge in [0.05, 0.1) is 12.6 Å². The second-order valence-electron chi connectivity index (χ2n) is 7.83. The van der Waals surface area contributed by atoms with E-state index in [0.29, 0.717) is 10.5 Å². The van der Waals surface area contributed by atoms with Crippen LogP contribution in [0.2, 0.25) is 0 Å². The van der Waals surface area contributed by atoms with E-state index < -0.39 is 30.3 Å². The predicted octanol–water partition coefficient (Wildman–Crippen LogP) is 3.52. The summed E-state index contributed by atoms with van der Waals surface area (Å²) in [4.78, 5) is 51.3. The van der Waals surface area contributed by atoms with Crippen LogP contribution in [-0.4, -0.2) is 40.1 Å². The molecular formula is C26H23N3O4. The van der Waals surface area contributed by atoms with Crippen LogP contribution in [0, 0.1) is 0 Å². The van der Waals surface area contributed by atoms with Gasteiger partial charge in [-0.2, -0.15) is 0 Å². The van der Waals surface area contributed by atoms with Crippen LogP contribution >= 0.6 is 0 Å². The van der Waals surface area contributed by atoms with Crippen molar-refractivity contribution in [3.63, 3.8) is 0 Å². The summed E-state index contributed by atoms with van der Waals surface area (Å²) in [5.74, 6) is -2.45. The van der Waals surface area contributed by atoms with E-state index in [1.54, 1.807) is 24.3 Å². The fourth-order valence-corrected chi connectivity index (χ4v) is 3.70. The van der Waals surface area contributed by atoms with E-state index in [2.05, 4.69) is 5.32 Å². The zero-order valence-electron chi connectivity index (χ0n) is 18.1. The van der Waals surface area contributed by atoms with Gasteiger partial charge in [-0.15, -0.1) is 0 Å². The third-order valence-electron chi connectivity index (χ3n) is 5.52. The van der Waals surface area contributed by atoms with E-state index in [1.807, 2.05) is 67.6 Å². The quantitative estimate of drug-likeness (QED) is 0.449. The summed E-state index contributed by atoms with van der Waals surface area (Å²) < 4.78 is 0. The van der Waals surface area contributed by atoms with Gasteiger partial charge in [-0.25, -0.2) is 9.69 Å². The first-order chi connectivity index (χ1) is 15.9. The molecule has 5 amide bonds. The molecule has 0 spiro atoms. The van der Waals surface area contributed by atoms with Crippen LogP contribution in [0.5, 0.6) is 0 Å². The van der Waals surface area contributed by atoms with Crippen LogP contribution in [-0.2, 0) is 20.9 Å². The molecule has 166 valence electrons. The summed E-state index contributed by atoms with van der Waals surface area (Å²) in [6.07, 6.45) is 0. The maximum atomic E-state index is 12.6. The Bertz CT molecular complexity index is 1180. The molecule has 3 aromatic rings. The molecule has 0 bridgehead atoms. The van der Waals surface area contributed by atoms with Gasteiger partial charge in [-0.1, -0.05) is 84.9 Å². The molecule has 33 heavy (non-hydrogen) atoms. The van der Waals surface area contributed by atoms with Gasteiger partial charge >= 0.3 is 17.8 Å². The Morgan fingerprint density at radius 3 is 1.94 bits per heavy atom. The Balaban J connectivity index is 1.37. The number of urea groups is 1. The van der Waals surface area contributed by atoms with E-state index in [4.69, 9.17) is 0 Å². The molecule has 7 heteroatoms. The zero-order valence-corrected chi connectivity index (χ0v) is 18.1. The predicted molar refractivity (Wildman–Crippen MR) is 123 cm³/mol. The molecule has 1 fully saturated rings. The standard InChI is InChI=1S/C26H23N3O4/c1-18(20-12-14-22(15-13-20)21-10-6-3-7-11-21)27-23(30)17-29-25(32)24(31)28(26(29)33)16-19-8-4-2-5-9-19/h2-15,18H,16-17H2,1H3,(H,27,30)/t18-/m0/s1. The fourth-order valence-electron chi connectivity index (χ4n) is 3.70. The van der Waals surface area contributed by atoms with Crippen molar-refractivity contribution in [2.24, 2.45) is 0 Å². The minimum atomic E-state index is -0.994. The second kappa shape index (κ2) is 9.48. The van der Waals surface area contributed by atoms with Gasteiger partial charge in [0.2, 0.25) is 5.91 Å². The minimum absolute atomic E-state index is 0.0213. The van der Waals surface area contributed by atoms with Gasteiger partial charge in [0.15, 0.2) is 0 Å². The van der Waals surface area contributed by atoms with Crippen molar-refractivity contribution in [1.29, 1.82) is 0 Å². The lowest BCUT2D eigenvalue weighted by atomic mass is 10.0. The van der Waals surface area contributed by atoms with E-state index >= 15 is 0 Å². The molecule has 0 aromatic heterocycles. The van der Waals surface area contributed by atoms with Gasteiger partial charge in [-0.3, -0.25) is 19.3 Å². The van der Waals surface area contributed by atoms with E-state index in [1.165, 1.54) is 0 Å². The molecule has 3 aromatic carbocycles. The Hall–Kier alpha value is -4.26. The SMILES string of the molecule is C[C@H](NC(=O)CN1C(=O)C(=O)N(Cc2ccccc2)C1=O)c1ccc(-c2ccccc2)cc1. The molecule has 1 aliphatic rings. The number of nitrogens with zero attached hydrogens (tertiary/aromatic N) is 2. The third-order valence-corrected chi connectivity index (χ3v) is 5.52. The van der Waals surface area contributed by atoms with Gasteiger partial charge in [0, 0.05) is 0 Å². The van der Waals surface area contributed by atoms with Crippen molar-refractivity contribution in [3.8, 4) is 11.1 Å². The maximum Gasteiger partial charge on any atom is 0.335 e. The number of imide groups is 2. The Kier molecular flexibility index (Phi) is 6.31. The average molecular weight is 441 g/mol. The van der Waals surface area contributed by atoms with Crippen molar-refractivity contribution in [2.45, 2.75) is 19.5 Å². The summed E-state index contributed by atoms with van der Waals surface area (Å²) in [5, 5.41) is 2.79. The highest BCUT2D eigenvalue weighted by molar-refractivity contribution is 6.44. The molecule has 4 rings (SSSR count). The summed E-state index contributed by atoms with van der Waals surface area (Å²) in [5.41, 5.74) is 3.74. The van der Waals surface area contributed by atoms with Crippen molar-refractivity contribution in [2.75, 3.05) is 6.54 Å². The number of benzene rings is 3. The normalized spacial score (nSPS) is 14.5. The zero-order chi connectivity index (χ0) is 23.4. The van der Waals surface area contributed by atoms with Gasteiger partial charge < -0.3 is 5.32 Å². The molecule has 1 atom stereocenters. The van der Waals surface area contributed by atoms with Crippen molar-refractivity contribution in [3.05, 3.63) is 96.1 Å². The lowest BCUT2D eigenvalue weighted by Crippen LogP contribution is -2.42. The summed E-state index contributed by atoms with van der Waals surface area (Å²) in [7, 11) is 0. The first-order valence-electron chi connectivity index (χ1n) is 10.6. The molecule has 1 saturated heterocycles. The summed E-state index contributed by atoms with van der Waals surface area (Å²) in [6, 6.07) is 25.5. The summed E-state index contributed by atoms with van der Waals surface area (Å²) in [6.45, 7) is 1.28. The van der Waals surface area contributed by atoms with E-state index in [-0.39, 0.29) is 12.6 Å². The van der Waals surface area contributed by atoms with Crippen LogP contribution in [0.15, 0.2) is 84.9 Å². The monoisotopic (exact) mass is 441 g/mol. The number of rotatable bonds is 7. The number of hydrogen-bond acceptors (Lipinski definition) is 4. The number of carbonyl (C=O) groups is 4. The van der Waals surface area contributed by atoms with Crippen LogP contribution < -0.4 is 5.32 Å². The molecule has 0 unspecified atom stereocenters. The van der Waals surface area contributed by atoms with Gasteiger partial charge in [0.1, 0.15) is 6.54 Å². The number of nitrogens with one attached hydrogen (secondary N) is 1. The Morgan fingerprint density at radius 1 is 0.758 bits per heavy atom. The molecule has 1 N–H and O–H groups in total. The highest BCUT2D eigenvalue weighted by Crippen LogP contribution is 2.22. The molecule has 0 radical (unpaired) electrons. The highest BCUT2D eigenvalue weighted by atomic mass is 16.2. The Morgan fingerprint density at radius 2 is 1.30 bits per heavy atom. The molecule has 1 heterocycles. The van der Waals surface area contributed by atoms with Gasteiger partial charge in [0.25, 0.3) is 0 Å². The molecule has 0 aliphatic carbocycles. The van der Waals surface area contributed by atoms with E-state index in [0.717, 1.165) is 21.6 Å². The summed E-state index contributed by atoms with van der Waals surface area (Å²) >= 11 is 0. The fraction of sp³-hybridized carbons (Fsp3) is 0.154. The Labute approximate surface area is 191 Å². The van der Waals surface area contributed by atoms with Crippen LogP contribution in [0.4, 0.5) is 4.79 Å². The molecule has 1 aliphatic heterocycles. The number of carbonyl (C=O) groups excluding carboxylic acids is 4. The van der Waals surface area contributed by atoms with Crippen molar-refractivity contribution >= 4 is 23.8 Å². The average Bonchev–Trinajstić information content (AvgIpc) is 3.03. The van der Waals surface area contributed by atoms with Gasteiger partial charge in [-0.05, 0) is 29.2 Å². The largest absolute Gasteiger partial charge is 0.348 e. The second-order valence-corrected chi connectivity index (χ2v) is 7.83. The highest BCUT2D eigenvalue weighted by Gasteiger charge is 2.45. The van der Waals surface area contributed by atoms with Crippen LogP contribution in [0.25, 0.3) is 11.1 Å². The molecule has 7 nitrogen and oxygen atoms in total. The third kappa shape index (κ3) is 4.82. The number of hydrogen-bond donors (Lipinski definition) is 1. The van der Waals surface area contributed by atoms with Crippen LogP contribution in [0.1, 0.15) is 24.1 Å². The smallest absolute Gasteiger partial charge is 0.335 e. The van der Waals surface area contributed by atoms with E-state index in [9.17, 15) is 19.2 Å². The van der Waals surface area contributed by atoms with Crippen molar-refractivity contribution < 1.29 is 19.2 Å². The first kappa shape index (κ1) is 22.0. The maximum absolute atomic E-state index is 12.6. The first-order valence-corrected chi connectivity index (χ1v) is 10.6. The minimum Gasteiger partial charge on any atom is -0.348 e. The lowest BCUT2D eigenvalue weighted by Gasteiger charge is -2.18. The number of amides is 5. The van der Waals surface area contributed by atoms with Crippen LogP contribution in [0.3, 0.4) is 0 Å². The topological polar surface area (TPSA) is 86.8 Å². The lowest BCUT2D eigenvalue weighted by molar-refractivity contribution is -0.144. The molecular weight excluding hydrogens is 418 g/mol.